The Morgan fingerprint density at radius 3 is 3.03 bits per heavy atom. The molecule has 12 heteroatoms. The SMILES string of the molecule is CCOc1cncc(-c2cnc(C(=O)NC(CC3COCCN3C)c3cc(NSC4CC4)ccn3)s2)n1. The van der Waals surface area contributed by atoms with Gasteiger partial charge in [-0.3, -0.25) is 19.7 Å². The van der Waals surface area contributed by atoms with Gasteiger partial charge in [0.05, 0.1) is 48.8 Å². The lowest BCUT2D eigenvalue weighted by molar-refractivity contribution is -0.000819. The lowest BCUT2D eigenvalue weighted by Gasteiger charge is -2.34. The van der Waals surface area contributed by atoms with Gasteiger partial charge < -0.3 is 19.5 Å². The number of ether oxygens (including phenoxy) is 2. The Hall–Kier alpha value is -2.80. The Kier molecular flexibility index (Phi) is 8.49. The van der Waals surface area contributed by atoms with E-state index >= 15 is 0 Å². The van der Waals surface area contributed by atoms with Crippen LogP contribution in [0.3, 0.4) is 0 Å². The van der Waals surface area contributed by atoms with Crippen LogP contribution in [0.15, 0.2) is 36.9 Å². The maximum absolute atomic E-state index is 13.4. The number of carbonyl (C=O) groups is 1. The molecular weight excluding hydrogens is 510 g/mol. The van der Waals surface area contributed by atoms with E-state index < -0.39 is 0 Å². The molecule has 1 aliphatic carbocycles. The van der Waals surface area contributed by atoms with Gasteiger partial charge in [0.1, 0.15) is 5.69 Å². The molecule has 2 unspecified atom stereocenters. The van der Waals surface area contributed by atoms with Crippen molar-refractivity contribution in [2.45, 2.75) is 43.5 Å². The summed E-state index contributed by atoms with van der Waals surface area (Å²) in [5.74, 6) is 0.194. The Morgan fingerprint density at radius 2 is 2.22 bits per heavy atom. The molecule has 0 bridgehead atoms. The second-order valence-electron chi connectivity index (χ2n) is 9.06. The predicted octanol–water partition coefficient (Wildman–Crippen LogP) is 3.81. The summed E-state index contributed by atoms with van der Waals surface area (Å²) < 4.78 is 14.6. The fourth-order valence-corrected chi connectivity index (χ4v) is 5.53. The van der Waals surface area contributed by atoms with Crippen LogP contribution in [0.4, 0.5) is 5.69 Å². The van der Waals surface area contributed by atoms with Crippen molar-refractivity contribution >= 4 is 34.9 Å². The second kappa shape index (κ2) is 12.2. The highest BCUT2D eigenvalue weighted by Gasteiger charge is 2.28. The van der Waals surface area contributed by atoms with Gasteiger partial charge in [-0.05, 0) is 57.3 Å². The van der Waals surface area contributed by atoms with Gasteiger partial charge in [0, 0.05) is 35.9 Å². The molecule has 1 saturated carbocycles. The van der Waals surface area contributed by atoms with E-state index in [-0.39, 0.29) is 18.0 Å². The van der Waals surface area contributed by atoms with Crippen LogP contribution in [-0.4, -0.2) is 75.4 Å². The lowest BCUT2D eigenvalue weighted by Crippen LogP contribution is -2.45. The van der Waals surface area contributed by atoms with E-state index in [4.69, 9.17) is 9.47 Å². The van der Waals surface area contributed by atoms with Crippen molar-refractivity contribution in [2.24, 2.45) is 0 Å². The minimum atomic E-state index is -0.303. The minimum absolute atomic E-state index is 0.168. The van der Waals surface area contributed by atoms with Gasteiger partial charge in [-0.25, -0.2) is 9.97 Å². The first-order valence-electron chi connectivity index (χ1n) is 12.5. The monoisotopic (exact) mass is 541 g/mol. The smallest absolute Gasteiger partial charge is 0.280 e. The van der Waals surface area contributed by atoms with Gasteiger partial charge in [-0.1, -0.05) is 0 Å². The van der Waals surface area contributed by atoms with Gasteiger partial charge in [-0.15, -0.1) is 11.3 Å². The van der Waals surface area contributed by atoms with E-state index in [9.17, 15) is 4.79 Å². The molecule has 2 atom stereocenters. The van der Waals surface area contributed by atoms with Gasteiger partial charge in [-0.2, -0.15) is 0 Å². The number of amides is 1. The fourth-order valence-electron chi connectivity index (χ4n) is 3.95. The number of morpholine rings is 1. The topological polar surface area (TPSA) is 114 Å². The first kappa shape index (κ1) is 25.8. The predicted molar refractivity (Wildman–Crippen MR) is 145 cm³/mol. The van der Waals surface area contributed by atoms with Crippen molar-refractivity contribution in [1.82, 2.24) is 30.2 Å². The van der Waals surface area contributed by atoms with Crippen LogP contribution in [0, 0.1) is 0 Å². The van der Waals surface area contributed by atoms with Gasteiger partial charge in [0.15, 0.2) is 5.01 Å². The van der Waals surface area contributed by atoms with Gasteiger partial charge >= 0.3 is 0 Å². The highest BCUT2D eigenvalue weighted by Crippen LogP contribution is 2.35. The molecule has 4 heterocycles. The quantitative estimate of drug-likeness (QED) is 0.347. The van der Waals surface area contributed by atoms with Crippen molar-refractivity contribution < 1.29 is 14.3 Å². The van der Waals surface area contributed by atoms with Crippen LogP contribution in [0.2, 0.25) is 0 Å². The molecule has 0 spiro atoms. The summed E-state index contributed by atoms with van der Waals surface area (Å²) in [6.07, 6.45) is 9.82. The molecule has 2 N–H and O–H groups in total. The summed E-state index contributed by atoms with van der Waals surface area (Å²) in [6.45, 7) is 4.59. The molecule has 2 aliphatic rings. The molecule has 1 aliphatic heterocycles. The summed E-state index contributed by atoms with van der Waals surface area (Å²) in [5.41, 5.74) is 2.41. The normalized spacial score (nSPS) is 18.8. The van der Waals surface area contributed by atoms with E-state index in [2.05, 4.69) is 41.9 Å². The van der Waals surface area contributed by atoms with Gasteiger partial charge in [0.25, 0.3) is 5.91 Å². The average Bonchev–Trinajstić information content (AvgIpc) is 3.61. The van der Waals surface area contributed by atoms with Crippen LogP contribution in [-0.2, 0) is 4.74 Å². The minimum Gasteiger partial charge on any atom is -0.477 e. The molecule has 196 valence electrons. The largest absolute Gasteiger partial charge is 0.477 e. The Bertz CT molecular complexity index is 1210. The maximum Gasteiger partial charge on any atom is 0.280 e. The first-order valence-corrected chi connectivity index (χ1v) is 14.2. The van der Waals surface area contributed by atoms with Crippen molar-refractivity contribution in [1.29, 1.82) is 0 Å². The third-order valence-corrected chi connectivity index (χ3v) is 8.37. The number of thiazole rings is 1. The number of hydrogen-bond donors (Lipinski definition) is 2. The summed E-state index contributed by atoms with van der Waals surface area (Å²) in [4.78, 5) is 34.0. The molecule has 1 amide bonds. The summed E-state index contributed by atoms with van der Waals surface area (Å²) in [5, 5.41) is 4.22. The summed E-state index contributed by atoms with van der Waals surface area (Å²) in [6, 6.07) is 3.84. The zero-order chi connectivity index (χ0) is 25.6. The third kappa shape index (κ3) is 6.95. The zero-order valence-electron chi connectivity index (χ0n) is 20.9. The second-order valence-corrected chi connectivity index (χ2v) is 11.2. The van der Waals surface area contributed by atoms with Crippen molar-refractivity contribution in [3.05, 3.63) is 47.6 Å². The molecule has 0 radical (unpaired) electrons. The van der Waals surface area contributed by atoms with Crippen LogP contribution >= 0.6 is 23.3 Å². The number of pyridine rings is 1. The first-order chi connectivity index (χ1) is 18.1. The number of likely N-dealkylation sites (N-methyl/N-ethyl adjacent to an activating group) is 1. The number of aromatic nitrogens is 4. The maximum atomic E-state index is 13.4. The third-order valence-electron chi connectivity index (χ3n) is 6.20. The molecule has 0 aromatic carbocycles. The average molecular weight is 542 g/mol. The molecule has 3 aromatic rings. The zero-order valence-corrected chi connectivity index (χ0v) is 22.6. The van der Waals surface area contributed by atoms with E-state index in [0.29, 0.717) is 41.5 Å². The van der Waals surface area contributed by atoms with E-state index in [1.165, 1.54) is 24.2 Å². The molecule has 2 fully saturated rings. The number of nitrogens with one attached hydrogen (secondary N) is 2. The standard InChI is InChI=1S/C25H31N7O3S2/c1-3-35-23-14-26-12-21(29-23)22-13-28-25(36-22)24(33)30-20(11-17-15-34-9-8-32(17)2)19-10-16(6-7-27-19)31-37-18-4-5-18/h6-7,10,12-14,17-18,20H,3-5,8-9,11,15H2,1-2H3,(H,27,31)(H,30,33). The molecular formula is C25H31N7O3S2. The van der Waals surface area contributed by atoms with Crippen LogP contribution in [0.5, 0.6) is 5.88 Å². The summed E-state index contributed by atoms with van der Waals surface area (Å²) >= 11 is 3.02. The van der Waals surface area contributed by atoms with Crippen molar-refractivity contribution in [3.8, 4) is 16.5 Å². The van der Waals surface area contributed by atoms with Gasteiger partial charge in [0.2, 0.25) is 5.88 Å². The molecule has 1 saturated heterocycles. The van der Waals surface area contributed by atoms with E-state index in [0.717, 1.165) is 29.4 Å². The van der Waals surface area contributed by atoms with Crippen LogP contribution in [0.25, 0.3) is 10.6 Å². The summed E-state index contributed by atoms with van der Waals surface area (Å²) in [7, 11) is 2.09. The van der Waals surface area contributed by atoms with E-state index in [1.54, 1.807) is 36.7 Å². The molecule has 3 aromatic heterocycles. The number of nitrogens with zero attached hydrogens (tertiary/aromatic N) is 5. The number of rotatable bonds is 11. The Morgan fingerprint density at radius 1 is 1.32 bits per heavy atom. The number of hydrogen-bond acceptors (Lipinski definition) is 11. The highest BCUT2D eigenvalue weighted by molar-refractivity contribution is 8.01. The molecule has 5 rings (SSSR count). The number of anilines is 1. The Balaban J connectivity index is 1.33. The van der Waals surface area contributed by atoms with Crippen LogP contribution < -0.4 is 14.8 Å². The number of carbonyl (C=O) groups excluding carboxylic acids is 1. The lowest BCUT2D eigenvalue weighted by atomic mass is 10.0. The molecule has 37 heavy (non-hydrogen) atoms. The van der Waals surface area contributed by atoms with E-state index in [1.807, 2.05) is 19.1 Å². The van der Waals surface area contributed by atoms with Crippen molar-refractivity contribution in [2.75, 3.05) is 38.1 Å². The highest BCUT2D eigenvalue weighted by atomic mass is 32.2. The fraction of sp³-hybridized carbons (Fsp3) is 0.480. The van der Waals surface area contributed by atoms with Crippen molar-refractivity contribution in [3.63, 3.8) is 0 Å². The molecule has 10 nitrogen and oxygen atoms in total. The Labute approximate surface area is 224 Å². The van der Waals surface area contributed by atoms with Crippen LogP contribution in [0.1, 0.15) is 47.7 Å².